The van der Waals surface area contributed by atoms with Crippen LogP contribution in [0.4, 0.5) is 4.79 Å². The molecule has 4 amide bonds. The minimum Gasteiger partial charge on any atom is -0.352 e. The highest BCUT2D eigenvalue weighted by Gasteiger charge is 2.36. The maximum absolute atomic E-state index is 12.5. The van der Waals surface area contributed by atoms with Gasteiger partial charge in [0.15, 0.2) is 0 Å². The van der Waals surface area contributed by atoms with E-state index in [1.54, 1.807) is 11.8 Å². The normalized spacial score (nSPS) is 19.8. The van der Waals surface area contributed by atoms with Crippen molar-refractivity contribution in [3.05, 3.63) is 0 Å². The second kappa shape index (κ2) is 7.26. The molecule has 1 aliphatic heterocycles. The van der Waals surface area contributed by atoms with Crippen molar-refractivity contribution < 1.29 is 14.4 Å². The molecule has 0 bridgehead atoms. The van der Waals surface area contributed by atoms with Crippen molar-refractivity contribution in [2.75, 3.05) is 19.6 Å². The fraction of sp³-hybridized carbons (Fsp3) is 0.769. The van der Waals surface area contributed by atoms with Gasteiger partial charge in [0.2, 0.25) is 11.8 Å². The lowest BCUT2D eigenvalue weighted by Gasteiger charge is -2.33. The van der Waals surface area contributed by atoms with Crippen LogP contribution in [0.3, 0.4) is 0 Å². The Morgan fingerprint density at radius 1 is 1.43 bits per heavy atom. The molecule has 0 spiro atoms. The van der Waals surface area contributed by atoms with Crippen molar-refractivity contribution in [2.24, 2.45) is 11.5 Å². The monoisotopic (exact) mass is 299 g/mol. The second-order valence-electron chi connectivity index (χ2n) is 5.52. The molecule has 0 aromatic heterocycles. The van der Waals surface area contributed by atoms with Crippen LogP contribution in [0.15, 0.2) is 0 Å². The summed E-state index contributed by atoms with van der Waals surface area (Å²) in [5.41, 5.74) is 10.7. The fourth-order valence-corrected chi connectivity index (χ4v) is 2.41. The van der Waals surface area contributed by atoms with E-state index in [4.69, 9.17) is 11.5 Å². The minimum absolute atomic E-state index is 0.0407. The summed E-state index contributed by atoms with van der Waals surface area (Å²) < 4.78 is 0. The van der Waals surface area contributed by atoms with E-state index >= 15 is 0 Å². The molecule has 0 saturated carbocycles. The summed E-state index contributed by atoms with van der Waals surface area (Å²) in [6.07, 6.45) is 0.571. The largest absolute Gasteiger partial charge is 0.352 e. The van der Waals surface area contributed by atoms with Gasteiger partial charge in [-0.15, -0.1) is 0 Å². The van der Waals surface area contributed by atoms with E-state index in [0.29, 0.717) is 19.5 Å². The third-order valence-corrected chi connectivity index (χ3v) is 3.66. The predicted octanol–water partition coefficient (Wildman–Crippen LogP) is -1.16. The first kappa shape index (κ1) is 17.2. The molecule has 21 heavy (non-hydrogen) atoms. The molecular weight excluding hydrogens is 274 g/mol. The summed E-state index contributed by atoms with van der Waals surface area (Å²) in [5.74, 6) is -0.339. The highest BCUT2D eigenvalue weighted by atomic mass is 16.2. The SMILES string of the molecule is CC(C)N(CCNC(N)=O)C(=O)[C@H](C)N1CC[C@H](N)C1=O. The van der Waals surface area contributed by atoms with Gasteiger partial charge in [-0.1, -0.05) is 0 Å². The van der Waals surface area contributed by atoms with Crippen LogP contribution >= 0.6 is 0 Å². The molecule has 1 rings (SSSR count). The number of carbonyl (C=O) groups excluding carboxylic acids is 3. The van der Waals surface area contributed by atoms with Crippen LogP contribution in [0.2, 0.25) is 0 Å². The molecule has 1 heterocycles. The third-order valence-electron chi connectivity index (χ3n) is 3.66. The lowest BCUT2D eigenvalue weighted by molar-refractivity contribution is -0.144. The summed E-state index contributed by atoms with van der Waals surface area (Å²) in [6, 6.07) is -1.73. The summed E-state index contributed by atoms with van der Waals surface area (Å²) >= 11 is 0. The quantitative estimate of drug-likeness (QED) is 0.572. The van der Waals surface area contributed by atoms with E-state index in [9.17, 15) is 14.4 Å². The van der Waals surface area contributed by atoms with Gasteiger partial charge in [0.05, 0.1) is 6.04 Å². The van der Waals surface area contributed by atoms with E-state index in [-0.39, 0.29) is 24.4 Å². The number of hydrogen-bond donors (Lipinski definition) is 3. The number of nitrogens with one attached hydrogen (secondary N) is 1. The van der Waals surface area contributed by atoms with Gasteiger partial charge in [0, 0.05) is 25.7 Å². The minimum atomic E-state index is -0.625. The number of likely N-dealkylation sites (tertiary alicyclic amines) is 1. The first-order chi connectivity index (χ1) is 9.75. The Kier molecular flexibility index (Phi) is 5.95. The average Bonchev–Trinajstić information content (AvgIpc) is 2.73. The Bertz CT molecular complexity index is 413. The number of primary amides is 1. The number of nitrogens with two attached hydrogens (primary N) is 2. The van der Waals surface area contributed by atoms with Crippen LogP contribution in [0, 0.1) is 0 Å². The van der Waals surface area contributed by atoms with Crippen LogP contribution in [0.1, 0.15) is 27.2 Å². The molecule has 0 aromatic carbocycles. The standard InChI is InChI=1S/C13H25N5O3/c1-8(2)17(7-5-16-13(15)21)11(19)9(3)18-6-4-10(14)12(18)20/h8-10H,4-7,14H2,1-3H3,(H3,15,16,21)/t9-,10-/m0/s1. The zero-order chi connectivity index (χ0) is 16.2. The summed E-state index contributed by atoms with van der Waals surface area (Å²) in [7, 11) is 0. The molecule has 1 aliphatic rings. The number of amides is 4. The molecule has 2 atom stereocenters. The van der Waals surface area contributed by atoms with E-state index in [1.165, 1.54) is 4.90 Å². The maximum Gasteiger partial charge on any atom is 0.312 e. The zero-order valence-electron chi connectivity index (χ0n) is 12.8. The van der Waals surface area contributed by atoms with Gasteiger partial charge in [-0.3, -0.25) is 9.59 Å². The van der Waals surface area contributed by atoms with E-state index < -0.39 is 18.1 Å². The maximum atomic E-state index is 12.5. The van der Waals surface area contributed by atoms with Crippen LogP contribution in [0.25, 0.3) is 0 Å². The van der Waals surface area contributed by atoms with Gasteiger partial charge >= 0.3 is 6.03 Å². The number of nitrogens with zero attached hydrogens (tertiary/aromatic N) is 2. The van der Waals surface area contributed by atoms with Gasteiger partial charge < -0.3 is 26.6 Å². The van der Waals surface area contributed by atoms with Crippen LogP contribution in [0.5, 0.6) is 0 Å². The van der Waals surface area contributed by atoms with Gasteiger partial charge in [-0.2, -0.15) is 0 Å². The molecular formula is C13H25N5O3. The van der Waals surface area contributed by atoms with Crippen molar-refractivity contribution in [1.29, 1.82) is 0 Å². The smallest absolute Gasteiger partial charge is 0.312 e. The van der Waals surface area contributed by atoms with Crippen molar-refractivity contribution in [3.63, 3.8) is 0 Å². The Balaban J connectivity index is 2.67. The number of rotatable bonds is 6. The van der Waals surface area contributed by atoms with Gasteiger partial charge in [-0.25, -0.2) is 4.79 Å². The second-order valence-corrected chi connectivity index (χ2v) is 5.52. The molecule has 1 saturated heterocycles. The predicted molar refractivity (Wildman–Crippen MR) is 78.2 cm³/mol. The van der Waals surface area contributed by atoms with E-state index in [0.717, 1.165) is 0 Å². The molecule has 8 heteroatoms. The summed E-state index contributed by atoms with van der Waals surface area (Å²) in [5, 5.41) is 2.45. The first-order valence-corrected chi connectivity index (χ1v) is 7.15. The molecule has 120 valence electrons. The topological polar surface area (TPSA) is 122 Å². The lowest BCUT2D eigenvalue weighted by Crippen LogP contribution is -2.52. The Morgan fingerprint density at radius 3 is 2.48 bits per heavy atom. The number of urea groups is 1. The van der Waals surface area contributed by atoms with Gasteiger partial charge in [0.1, 0.15) is 6.04 Å². The third kappa shape index (κ3) is 4.32. The van der Waals surface area contributed by atoms with Gasteiger partial charge in [0.25, 0.3) is 0 Å². The van der Waals surface area contributed by atoms with Crippen molar-refractivity contribution in [3.8, 4) is 0 Å². The van der Waals surface area contributed by atoms with Crippen molar-refractivity contribution in [2.45, 2.75) is 45.3 Å². The Morgan fingerprint density at radius 2 is 2.05 bits per heavy atom. The molecule has 0 radical (unpaired) electrons. The van der Waals surface area contributed by atoms with Crippen LogP contribution in [-0.4, -0.2) is 65.4 Å². The molecule has 5 N–H and O–H groups in total. The van der Waals surface area contributed by atoms with Crippen molar-refractivity contribution >= 4 is 17.8 Å². The van der Waals surface area contributed by atoms with E-state index in [1.807, 2.05) is 13.8 Å². The Hall–Kier alpha value is -1.83. The average molecular weight is 299 g/mol. The number of hydrogen-bond acceptors (Lipinski definition) is 4. The molecule has 8 nitrogen and oxygen atoms in total. The van der Waals surface area contributed by atoms with Crippen LogP contribution < -0.4 is 16.8 Å². The molecule has 1 fully saturated rings. The fourth-order valence-electron chi connectivity index (χ4n) is 2.41. The highest BCUT2D eigenvalue weighted by molar-refractivity contribution is 5.91. The lowest BCUT2D eigenvalue weighted by atomic mass is 10.2. The van der Waals surface area contributed by atoms with Crippen LogP contribution in [-0.2, 0) is 9.59 Å². The molecule has 0 unspecified atom stereocenters. The Labute approximate surface area is 124 Å². The van der Waals surface area contributed by atoms with E-state index in [2.05, 4.69) is 5.32 Å². The highest BCUT2D eigenvalue weighted by Crippen LogP contribution is 2.15. The van der Waals surface area contributed by atoms with Crippen molar-refractivity contribution in [1.82, 2.24) is 15.1 Å². The summed E-state index contributed by atoms with van der Waals surface area (Å²) in [6.45, 7) is 6.59. The molecule has 0 aliphatic carbocycles. The number of carbonyl (C=O) groups is 3. The molecule has 0 aromatic rings. The first-order valence-electron chi connectivity index (χ1n) is 7.15. The zero-order valence-corrected chi connectivity index (χ0v) is 12.8. The van der Waals surface area contributed by atoms with Gasteiger partial charge in [-0.05, 0) is 27.2 Å². The summed E-state index contributed by atoms with van der Waals surface area (Å²) in [4.78, 5) is 38.3.